The van der Waals surface area contributed by atoms with Gasteiger partial charge in [-0.1, -0.05) is 11.3 Å². The van der Waals surface area contributed by atoms with Crippen molar-refractivity contribution in [3.05, 3.63) is 28.9 Å². The lowest BCUT2D eigenvalue weighted by molar-refractivity contribution is 0.958. The number of rotatable bonds is 2. The number of pyridine rings is 1. The Labute approximate surface area is 90.2 Å². The average molecular weight is 217 g/mol. The van der Waals surface area contributed by atoms with Gasteiger partial charge in [0.05, 0.1) is 5.56 Å². The lowest BCUT2D eigenvalue weighted by atomic mass is 10.3. The van der Waals surface area contributed by atoms with Crippen LogP contribution in [0.4, 0.5) is 0 Å². The molecule has 6 heteroatoms. The molecule has 5 nitrogen and oxygen atoms in total. The minimum atomic E-state index is 0.383. The van der Waals surface area contributed by atoms with Crippen molar-refractivity contribution in [2.45, 2.75) is 6.54 Å². The van der Waals surface area contributed by atoms with Crippen LogP contribution < -0.4 is 5.73 Å². The molecule has 0 unspecified atom stereocenters. The fraction of sp³-hybridized carbons (Fsp3) is 0.111. The third-order valence-electron chi connectivity index (χ3n) is 1.75. The van der Waals surface area contributed by atoms with Crippen LogP contribution in [0.2, 0.25) is 0 Å². The standard InChI is InChI=1S/C9H7N5S/c10-3-6-1-2-7(12-5-6)9-14-13-8(4-11)15-9/h1-2,5H,4,11H2. The Morgan fingerprint density at radius 1 is 1.40 bits per heavy atom. The van der Waals surface area contributed by atoms with E-state index in [1.54, 1.807) is 12.1 Å². The van der Waals surface area contributed by atoms with Gasteiger partial charge in [-0.15, -0.1) is 10.2 Å². The topological polar surface area (TPSA) is 88.5 Å². The van der Waals surface area contributed by atoms with Crippen LogP contribution >= 0.6 is 11.3 Å². The van der Waals surface area contributed by atoms with E-state index in [1.165, 1.54) is 17.5 Å². The molecule has 0 bridgehead atoms. The quantitative estimate of drug-likeness (QED) is 0.808. The van der Waals surface area contributed by atoms with Gasteiger partial charge in [-0.2, -0.15) is 5.26 Å². The van der Waals surface area contributed by atoms with Gasteiger partial charge in [0.25, 0.3) is 0 Å². The molecule has 0 aliphatic rings. The number of nitrogens with zero attached hydrogens (tertiary/aromatic N) is 4. The summed E-state index contributed by atoms with van der Waals surface area (Å²) in [5.41, 5.74) is 6.68. The second kappa shape index (κ2) is 4.13. The van der Waals surface area contributed by atoms with E-state index in [1.807, 2.05) is 6.07 Å². The van der Waals surface area contributed by atoms with E-state index < -0.39 is 0 Å². The van der Waals surface area contributed by atoms with Crippen LogP contribution in [0.3, 0.4) is 0 Å². The summed E-state index contributed by atoms with van der Waals surface area (Å²) in [6, 6.07) is 5.46. The lowest BCUT2D eigenvalue weighted by Crippen LogP contribution is -1.94. The molecule has 0 radical (unpaired) electrons. The maximum absolute atomic E-state index is 8.61. The van der Waals surface area contributed by atoms with Crippen molar-refractivity contribution >= 4 is 11.3 Å². The molecule has 0 aliphatic heterocycles. The first-order valence-electron chi connectivity index (χ1n) is 4.22. The third-order valence-corrected chi connectivity index (χ3v) is 2.72. The zero-order valence-electron chi connectivity index (χ0n) is 7.71. The first-order valence-corrected chi connectivity index (χ1v) is 5.04. The van der Waals surface area contributed by atoms with Crippen molar-refractivity contribution < 1.29 is 0 Å². The molecule has 2 heterocycles. The third kappa shape index (κ3) is 1.98. The van der Waals surface area contributed by atoms with Gasteiger partial charge >= 0.3 is 0 Å². The number of nitrogens with two attached hydrogens (primary N) is 1. The van der Waals surface area contributed by atoms with Crippen molar-refractivity contribution in [3.63, 3.8) is 0 Å². The fourth-order valence-electron chi connectivity index (χ4n) is 1.03. The molecule has 0 spiro atoms. The van der Waals surface area contributed by atoms with Gasteiger partial charge in [0.2, 0.25) is 0 Å². The number of hydrogen-bond acceptors (Lipinski definition) is 6. The molecule has 0 saturated heterocycles. The first kappa shape index (κ1) is 9.71. The fourth-order valence-corrected chi connectivity index (χ4v) is 1.72. The number of nitriles is 1. The van der Waals surface area contributed by atoms with Gasteiger partial charge < -0.3 is 5.73 Å². The van der Waals surface area contributed by atoms with Crippen molar-refractivity contribution in [1.82, 2.24) is 15.2 Å². The Kier molecular flexibility index (Phi) is 2.67. The van der Waals surface area contributed by atoms with E-state index in [4.69, 9.17) is 11.0 Å². The van der Waals surface area contributed by atoms with Crippen LogP contribution in [0.1, 0.15) is 10.6 Å². The first-order chi connectivity index (χ1) is 7.33. The summed E-state index contributed by atoms with van der Waals surface area (Å²) >= 11 is 1.41. The van der Waals surface area contributed by atoms with Gasteiger partial charge in [-0.3, -0.25) is 4.98 Å². The Morgan fingerprint density at radius 2 is 2.27 bits per heavy atom. The smallest absolute Gasteiger partial charge is 0.166 e. The van der Waals surface area contributed by atoms with E-state index in [-0.39, 0.29) is 0 Å². The molecule has 0 atom stereocenters. The van der Waals surface area contributed by atoms with Gasteiger partial charge in [-0.05, 0) is 12.1 Å². The van der Waals surface area contributed by atoms with Gasteiger partial charge in [0, 0.05) is 12.7 Å². The zero-order valence-corrected chi connectivity index (χ0v) is 8.53. The molecular formula is C9H7N5S. The number of aromatic nitrogens is 3. The molecular weight excluding hydrogens is 210 g/mol. The predicted octanol–water partition coefficient (Wildman–Crippen LogP) is 0.930. The molecule has 2 aromatic rings. The zero-order chi connectivity index (χ0) is 10.7. The maximum atomic E-state index is 8.61. The minimum Gasteiger partial charge on any atom is -0.324 e. The SMILES string of the molecule is N#Cc1ccc(-c2nnc(CN)s2)nc1. The van der Waals surface area contributed by atoms with Crippen molar-refractivity contribution in [1.29, 1.82) is 5.26 Å². The van der Waals surface area contributed by atoms with Crippen LogP contribution in [-0.2, 0) is 6.54 Å². The highest BCUT2D eigenvalue weighted by molar-refractivity contribution is 7.14. The van der Waals surface area contributed by atoms with Crippen molar-refractivity contribution in [2.24, 2.45) is 5.73 Å². The van der Waals surface area contributed by atoms with Crippen LogP contribution in [0.25, 0.3) is 10.7 Å². The largest absolute Gasteiger partial charge is 0.324 e. The summed E-state index contributed by atoms with van der Waals surface area (Å²) in [4.78, 5) is 4.11. The van der Waals surface area contributed by atoms with E-state index >= 15 is 0 Å². The van der Waals surface area contributed by atoms with Gasteiger partial charge in [0.15, 0.2) is 5.01 Å². The summed E-state index contributed by atoms with van der Waals surface area (Å²) < 4.78 is 0. The summed E-state index contributed by atoms with van der Waals surface area (Å²) in [5.74, 6) is 0. The van der Waals surface area contributed by atoms with Crippen LogP contribution in [0, 0.1) is 11.3 Å². The maximum Gasteiger partial charge on any atom is 0.166 e. The second-order valence-electron chi connectivity index (χ2n) is 2.75. The Morgan fingerprint density at radius 3 is 2.80 bits per heavy atom. The Hall–Kier alpha value is -1.84. The van der Waals surface area contributed by atoms with E-state index in [0.717, 1.165) is 10.0 Å². The molecule has 2 rings (SSSR count). The highest BCUT2D eigenvalue weighted by atomic mass is 32.1. The Balaban J connectivity index is 2.33. The van der Waals surface area contributed by atoms with E-state index in [2.05, 4.69) is 15.2 Å². The van der Waals surface area contributed by atoms with Crippen molar-refractivity contribution in [3.8, 4) is 16.8 Å². The number of hydrogen-bond donors (Lipinski definition) is 1. The highest BCUT2D eigenvalue weighted by Crippen LogP contribution is 2.20. The van der Waals surface area contributed by atoms with Crippen LogP contribution in [0.15, 0.2) is 18.3 Å². The molecule has 0 fully saturated rings. The molecule has 0 aromatic carbocycles. The predicted molar refractivity (Wildman–Crippen MR) is 55.7 cm³/mol. The van der Waals surface area contributed by atoms with Crippen molar-refractivity contribution in [2.75, 3.05) is 0 Å². The van der Waals surface area contributed by atoms with E-state index in [9.17, 15) is 0 Å². The summed E-state index contributed by atoms with van der Waals surface area (Å²) in [7, 11) is 0. The molecule has 2 N–H and O–H groups in total. The van der Waals surface area contributed by atoms with Gasteiger partial charge in [-0.25, -0.2) is 0 Å². The molecule has 0 amide bonds. The molecule has 2 aromatic heterocycles. The average Bonchev–Trinajstić information content (AvgIpc) is 2.78. The molecule has 0 aliphatic carbocycles. The normalized spacial score (nSPS) is 9.87. The van der Waals surface area contributed by atoms with Gasteiger partial charge in [0.1, 0.15) is 16.8 Å². The summed E-state index contributed by atoms with van der Waals surface area (Å²) in [6.07, 6.45) is 1.51. The highest BCUT2D eigenvalue weighted by Gasteiger charge is 2.06. The van der Waals surface area contributed by atoms with Crippen LogP contribution in [0.5, 0.6) is 0 Å². The lowest BCUT2D eigenvalue weighted by Gasteiger charge is -1.92. The Bertz CT molecular complexity index is 496. The molecule has 0 saturated carbocycles. The summed E-state index contributed by atoms with van der Waals surface area (Å²) in [6.45, 7) is 0.383. The second-order valence-corrected chi connectivity index (χ2v) is 3.81. The van der Waals surface area contributed by atoms with E-state index in [0.29, 0.717) is 17.8 Å². The monoisotopic (exact) mass is 217 g/mol. The summed E-state index contributed by atoms with van der Waals surface area (Å²) in [5, 5.41) is 18.0. The molecule has 74 valence electrons. The molecule has 15 heavy (non-hydrogen) atoms. The minimum absolute atomic E-state index is 0.383. The van der Waals surface area contributed by atoms with Crippen LogP contribution in [-0.4, -0.2) is 15.2 Å².